The Balaban J connectivity index is 2.38. The van der Waals surface area contributed by atoms with Crippen LogP contribution < -0.4 is 0 Å². The highest BCUT2D eigenvalue weighted by molar-refractivity contribution is 7.98. The molecule has 2 nitrogen and oxygen atoms in total. The van der Waals surface area contributed by atoms with E-state index < -0.39 is 0 Å². The molecule has 0 aliphatic heterocycles. The van der Waals surface area contributed by atoms with Gasteiger partial charge in [0.15, 0.2) is 0 Å². The van der Waals surface area contributed by atoms with E-state index in [1.807, 2.05) is 11.8 Å². The molecule has 0 amide bonds. The van der Waals surface area contributed by atoms with Crippen LogP contribution in [0, 0.1) is 5.41 Å². The largest absolute Gasteiger partial charge is 0.396 e. The number of rotatable bonds is 7. The van der Waals surface area contributed by atoms with Crippen LogP contribution in [0.25, 0.3) is 0 Å². The van der Waals surface area contributed by atoms with Gasteiger partial charge in [0.25, 0.3) is 0 Å². The van der Waals surface area contributed by atoms with Crippen molar-refractivity contribution >= 4 is 11.8 Å². The van der Waals surface area contributed by atoms with Crippen molar-refractivity contribution in [1.82, 2.24) is 4.90 Å². The molecule has 1 saturated carbocycles. The third-order valence-corrected chi connectivity index (χ3v) is 4.72. The Kier molecular flexibility index (Phi) is 6.16. The zero-order chi connectivity index (χ0) is 12.0. The maximum atomic E-state index is 9.59. The molecule has 1 aliphatic rings. The fourth-order valence-electron chi connectivity index (χ4n) is 2.68. The Labute approximate surface area is 105 Å². The molecule has 96 valence electrons. The lowest BCUT2D eigenvalue weighted by molar-refractivity contribution is 0.0741. The van der Waals surface area contributed by atoms with Gasteiger partial charge in [0.05, 0.1) is 0 Å². The number of aliphatic hydroxyl groups excluding tert-OH is 1. The van der Waals surface area contributed by atoms with Crippen molar-refractivity contribution in [3.63, 3.8) is 0 Å². The summed E-state index contributed by atoms with van der Waals surface area (Å²) in [5, 5.41) is 9.59. The van der Waals surface area contributed by atoms with Crippen LogP contribution in [-0.2, 0) is 0 Å². The maximum Gasteiger partial charge on any atom is 0.0499 e. The normalized spacial score (nSPS) is 21.6. The molecule has 0 aromatic rings. The van der Waals surface area contributed by atoms with Gasteiger partial charge in [-0.2, -0.15) is 11.8 Å². The van der Waals surface area contributed by atoms with E-state index in [1.54, 1.807) is 0 Å². The topological polar surface area (TPSA) is 23.5 Å². The van der Waals surface area contributed by atoms with E-state index >= 15 is 0 Å². The van der Waals surface area contributed by atoms with Gasteiger partial charge >= 0.3 is 0 Å². The lowest BCUT2D eigenvalue weighted by Gasteiger charge is -2.35. The molecule has 0 bridgehead atoms. The molecule has 0 radical (unpaired) electrons. The first-order valence-corrected chi connectivity index (χ1v) is 7.83. The Bertz CT molecular complexity index is 192. The van der Waals surface area contributed by atoms with Crippen LogP contribution in [0.1, 0.15) is 39.0 Å². The number of nitrogens with zero attached hydrogens (tertiary/aromatic N) is 1. The second kappa shape index (κ2) is 6.87. The van der Waals surface area contributed by atoms with Crippen LogP contribution in [0.2, 0.25) is 0 Å². The summed E-state index contributed by atoms with van der Waals surface area (Å²) in [6.07, 6.45) is 8.44. The Morgan fingerprint density at radius 1 is 1.38 bits per heavy atom. The highest BCUT2D eigenvalue weighted by Crippen LogP contribution is 2.38. The standard InChI is InChI=1S/C13H27NOS/c1-12(6-9-16-3)14(2)10-13(11-15)7-4-5-8-13/h12,15H,4-11H2,1-3H3. The Hall–Kier alpha value is 0.270. The average molecular weight is 245 g/mol. The van der Waals surface area contributed by atoms with Gasteiger partial charge in [0.1, 0.15) is 0 Å². The molecule has 1 N–H and O–H groups in total. The second-order valence-electron chi connectivity index (χ2n) is 5.41. The Morgan fingerprint density at radius 2 is 2.00 bits per heavy atom. The Morgan fingerprint density at radius 3 is 2.50 bits per heavy atom. The average Bonchev–Trinajstić information content (AvgIpc) is 2.75. The van der Waals surface area contributed by atoms with Crippen LogP contribution in [0.15, 0.2) is 0 Å². The zero-order valence-corrected chi connectivity index (χ0v) is 11.9. The van der Waals surface area contributed by atoms with Gasteiger partial charge < -0.3 is 10.0 Å². The van der Waals surface area contributed by atoms with Crippen molar-refractivity contribution in [2.24, 2.45) is 5.41 Å². The first-order valence-electron chi connectivity index (χ1n) is 6.43. The molecule has 1 unspecified atom stereocenters. The van der Waals surface area contributed by atoms with Crippen molar-refractivity contribution in [2.45, 2.75) is 45.1 Å². The lowest BCUT2D eigenvalue weighted by atomic mass is 9.86. The SMILES string of the molecule is CSCCC(C)N(C)CC1(CO)CCCC1. The number of thioether (sulfide) groups is 1. The summed E-state index contributed by atoms with van der Waals surface area (Å²) in [6.45, 7) is 3.74. The summed E-state index contributed by atoms with van der Waals surface area (Å²) in [7, 11) is 2.21. The zero-order valence-electron chi connectivity index (χ0n) is 11.0. The van der Waals surface area contributed by atoms with Gasteiger partial charge in [-0.25, -0.2) is 0 Å². The minimum Gasteiger partial charge on any atom is -0.396 e. The van der Waals surface area contributed by atoms with Crippen molar-refractivity contribution < 1.29 is 5.11 Å². The van der Waals surface area contributed by atoms with Crippen LogP contribution in [-0.4, -0.2) is 48.3 Å². The van der Waals surface area contributed by atoms with Gasteiger partial charge in [0, 0.05) is 24.6 Å². The van der Waals surface area contributed by atoms with E-state index in [0.29, 0.717) is 12.6 Å². The van der Waals surface area contributed by atoms with E-state index in [2.05, 4.69) is 25.1 Å². The third kappa shape index (κ3) is 3.94. The first-order chi connectivity index (χ1) is 7.63. The van der Waals surface area contributed by atoms with Gasteiger partial charge in [0.2, 0.25) is 0 Å². The number of aliphatic hydroxyl groups is 1. The predicted octanol–water partition coefficient (Wildman–Crippen LogP) is 2.61. The van der Waals surface area contributed by atoms with E-state index in [9.17, 15) is 5.11 Å². The molecule has 0 aromatic heterocycles. The molecule has 0 saturated heterocycles. The van der Waals surface area contributed by atoms with Gasteiger partial charge in [-0.3, -0.25) is 0 Å². The van der Waals surface area contributed by atoms with Crippen LogP contribution in [0.5, 0.6) is 0 Å². The van der Waals surface area contributed by atoms with Crippen molar-refractivity contribution in [1.29, 1.82) is 0 Å². The highest BCUT2D eigenvalue weighted by atomic mass is 32.2. The molecule has 1 rings (SSSR count). The summed E-state index contributed by atoms with van der Waals surface area (Å²) in [5.74, 6) is 1.23. The molecule has 1 atom stereocenters. The van der Waals surface area contributed by atoms with Crippen molar-refractivity contribution in [3.05, 3.63) is 0 Å². The fourth-order valence-corrected chi connectivity index (χ4v) is 3.26. The van der Waals surface area contributed by atoms with Crippen LogP contribution >= 0.6 is 11.8 Å². The van der Waals surface area contributed by atoms with Gasteiger partial charge in [-0.05, 0) is 45.2 Å². The molecule has 0 aromatic carbocycles. The monoisotopic (exact) mass is 245 g/mol. The molecular weight excluding hydrogens is 218 g/mol. The van der Waals surface area contributed by atoms with Crippen LogP contribution in [0.4, 0.5) is 0 Å². The highest BCUT2D eigenvalue weighted by Gasteiger charge is 2.34. The summed E-state index contributed by atoms with van der Waals surface area (Å²) >= 11 is 1.92. The summed E-state index contributed by atoms with van der Waals surface area (Å²) in [5.41, 5.74) is 0.211. The first kappa shape index (κ1) is 14.3. The quantitative estimate of drug-likeness (QED) is 0.746. The summed E-state index contributed by atoms with van der Waals surface area (Å²) < 4.78 is 0. The van der Waals surface area contributed by atoms with Gasteiger partial charge in [-0.15, -0.1) is 0 Å². The summed E-state index contributed by atoms with van der Waals surface area (Å²) in [4.78, 5) is 2.44. The minimum absolute atomic E-state index is 0.211. The fraction of sp³-hybridized carbons (Fsp3) is 1.00. The van der Waals surface area contributed by atoms with E-state index in [-0.39, 0.29) is 5.41 Å². The lowest BCUT2D eigenvalue weighted by Crippen LogP contribution is -2.41. The molecule has 0 heterocycles. The molecule has 3 heteroatoms. The van der Waals surface area contributed by atoms with Crippen LogP contribution in [0.3, 0.4) is 0 Å². The molecule has 1 aliphatic carbocycles. The molecule has 0 spiro atoms. The van der Waals surface area contributed by atoms with Gasteiger partial charge in [-0.1, -0.05) is 12.8 Å². The number of hydrogen-bond donors (Lipinski definition) is 1. The number of hydrogen-bond acceptors (Lipinski definition) is 3. The van der Waals surface area contributed by atoms with E-state index in [4.69, 9.17) is 0 Å². The van der Waals surface area contributed by atoms with E-state index in [1.165, 1.54) is 37.9 Å². The predicted molar refractivity (Wildman–Crippen MR) is 73.1 cm³/mol. The minimum atomic E-state index is 0.211. The molecule has 1 fully saturated rings. The van der Waals surface area contributed by atoms with E-state index in [0.717, 1.165) is 6.54 Å². The summed E-state index contributed by atoms with van der Waals surface area (Å²) in [6, 6.07) is 0.636. The maximum absolute atomic E-state index is 9.59. The third-order valence-electron chi connectivity index (χ3n) is 4.08. The molecular formula is C13H27NOS. The molecule has 16 heavy (non-hydrogen) atoms. The smallest absolute Gasteiger partial charge is 0.0499 e. The van der Waals surface area contributed by atoms with Crippen molar-refractivity contribution in [2.75, 3.05) is 32.2 Å². The van der Waals surface area contributed by atoms with Crippen molar-refractivity contribution in [3.8, 4) is 0 Å². The second-order valence-corrected chi connectivity index (χ2v) is 6.40.